The fraction of sp³-hybridized carbons (Fsp3) is 0.889. The number of esters is 1. The van der Waals surface area contributed by atoms with E-state index in [-0.39, 0.29) is 23.4 Å². The third-order valence-electron chi connectivity index (χ3n) is 4.52. The molecule has 2 unspecified atom stereocenters. The first-order chi connectivity index (χ1) is 10.9. The number of hydrogen-bond donors (Lipinski definition) is 1. The molecule has 1 N–H and O–H groups in total. The van der Waals surface area contributed by atoms with Crippen molar-refractivity contribution in [3.8, 4) is 0 Å². The summed E-state index contributed by atoms with van der Waals surface area (Å²) in [4.78, 5) is 26.8. The van der Waals surface area contributed by atoms with Crippen LogP contribution in [0.1, 0.15) is 54.4 Å². The average molecular weight is 340 g/mol. The van der Waals surface area contributed by atoms with Crippen LogP contribution in [0.5, 0.6) is 0 Å². The lowest BCUT2D eigenvalue weighted by Crippen LogP contribution is -2.52. The fourth-order valence-electron chi connectivity index (χ4n) is 3.58. The molecule has 138 valence electrons. The van der Waals surface area contributed by atoms with Gasteiger partial charge in [0.2, 0.25) is 0 Å². The average Bonchev–Trinajstić information content (AvgIpc) is 2.78. The van der Waals surface area contributed by atoms with Gasteiger partial charge in [0.25, 0.3) is 0 Å². The van der Waals surface area contributed by atoms with Gasteiger partial charge < -0.3 is 19.7 Å². The predicted octanol–water partition coefficient (Wildman–Crippen LogP) is 2.56. The van der Waals surface area contributed by atoms with Crippen LogP contribution >= 0.6 is 0 Å². The number of carbonyl (C=O) groups excluding carboxylic acids is 2. The molecule has 0 aromatic carbocycles. The molecule has 1 spiro atoms. The van der Waals surface area contributed by atoms with Crippen LogP contribution in [-0.4, -0.2) is 54.3 Å². The number of rotatable bonds is 1. The lowest BCUT2D eigenvalue weighted by molar-refractivity contribution is -0.164. The second-order valence-electron chi connectivity index (χ2n) is 9.08. The Morgan fingerprint density at radius 2 is 1.71 bits per heavy atom. The molecule has 6 nitrogen and oxygen atoms in total. The van der Waals surface area contributed by atoms with Crippen LogP contribution in [0.3, 0.4) is 0 Å². The van der Waals surface area contributed by atoms with Crippen molar-refractivity contribution in [2.45, 2.75) is 65.6 Å². The quantitative estimate of drug-likeness (QED) is 0.743. The van der Waals surface area contributed by atoms with Gasteiger partial charge >= 0.3 is 12.1 Å². The molecular weight excluding hydrogens is 308 g/mol. The Hall–Kier alpha value is -1.30. The normalized spacial score (nSPS) is 28.1. The van der Waals surface area contributed by atoms with Crippen molar-refractivity contribution in [2.75, 3.05) is 26.2 Å². The molecular formula is C18H32N2O4. The standard InChI is InChI=1S/C18H32N2O4/c1-16(2,3)23-14(21)13-10-19-11-18(13)8-7-9-20(12-18)15(22)24-17(4,5)6/h13,19H,7-12H2,1-6H3. The van der Waals surface area contributed by atoms with Gasteiger partial charge in [0.15, 0.2) is 0 Å². The molecule has 2 saturated heterocycles. The summed E-state index contributed by atoms with van der Waals surface area (Å²) in [6.07, 6.45) is 1.50. The van der Waals surface area contributed by atoms with Crippen LogP contribution in [0.15, 0.2) is 0 Å². The molecule has 2 atom stereocenters. The summed E-state index contributed by atoms with van der Waals surface area (Å²) in [5.74, 6) is -0.388. The number of nitrogens with one attached hydrogen (secondary N) is 1. The van der Waals surface area contributed by atoms with Gasteiger partial charge in [0.1, 0.15) is 11.2 Å². The second kappa shape index (κ2) is 6.54. The third kappa shape index (κ3) is 4.62. The summed E-state index contributed by atoms with van der Waals surface area (Å²) < 4.78 is 11.1. The van der Waals surface area contributed by atoms with E-state index in [4.69, 9.17) is 9.47 Å². The Morgan fingerprint density at radius 3 is 2.29 bits per heavy atom. The van der Waals surface area contributed by atoms with E-state index in [0.717, 1.165) is 19.4 Å². The maximum atomic E-state index is 12.6. The highest BCUT2D eigenvalue weighted by molar-refractivity contribution is 5.75. The van der Waals surface area contributed by atoms with Crippen LogP contribution in [0.25, 0.3) is 0 Å². The van der Waals surface area contributed by atoms with Crippen molar-refractivity contribution in [1.82, 2.24) is 10.2 Å². The number of ether oxygens (including phenoxy) is 2. The number of piperidine rings is 1. The first-order valence-electron chi connectivity index (χ1n) is 8.83. The van der Waals surface area contributed by atoms with E-state index in [1.165, 1.54) is 0 Å². The van der Waals surface area contributed by atoms with Crippen molar-refractivity contribution in [1.29, 1.82) is 0 Å². The maximum Gasteiger partial charge on any atom is 0.410 e. The Morgan fingerprint density at radius 1 is 1.08 bits per heavy atom. The lowest BCUT2D eigenvalue weighted by Gasteiger charge is -2.43. The molecule has 0 aromatic rings. The Bertz CT molecular complexity index is 492. The summed E-state index contributed by atoms with van der Waals surface area (Å²) >= 11 is 0. The van der Waals surface area contributed by atoms with E-state index < -0.39 is 11.2 Å². The highest BCUT2D eigenvalue weighted by atomic mass is 16.6. The number of nitrogens with zero attached hydrogens (tertiary/aromatic N) is 1. The van der Waals surface area contributed by atoms with Gasteiger partial charge in [-0.2, -0.15) is 0 Å². The largest absolute Gasteiger partial charge is 0.460 e. The smallest absolute Gasteiger partial charge is 0.410 e. The van der Waals surface area contributed by atoms with Gasteiger partial charge in [-0.1, -0.05) is 0 Å². The van der Waals surface area contributed by atoms with Crippen molar-refractivity contribution in [2.24, 2.45) is 11.3 Å². The van der Waals surface area contributed by atoms with Crippen LogP contribution in [0, 0.1) is 11.3 Å². The molecule has 2 fully saturated rings. The number of hydrogen-bond acceptors (Lipinski definition) is 5. The molecule has 0 radical (unpaired) electrons. The molecule has 0 bridgehead atoms. The predicted molar refractivity (Wildman–Crippen MR) is 91.7 cm³/mol. The highest BCUT2D eigenvalue weighted by Crippen LogP contribution is 2.41. The van der Waals surface area contributed by atoms with Crippen LogP contribution < -0.4 is 5.32 Å². The summed E-state index contributed by atoms with van der Waals surface area (Å²) in [5.41, 5.74) is -1.27. The molecule has 2 aliphatic rings. The lowest BCUT2D eigenvalue weighted by atomic mass is 9.72. The monoisotopic (exact) mass is 340 g/mol. The van der Waals surface area contributed by atoms with Crippen LogP contribution in [0.4, 0.5) is 4.79 Å². The Balaban J connectivity index is 2.10. The van der Waals surface area contributed by atoms with Crippen LogP contribution in [0.2, 0.25) is 0 Å². The highest BCUT2D eigenvalue weighted by Gasteiger charge is 2.51. The SMILES string of the molecule is CC(C)(C)OC(=O)C1CNCC12CCCN(C(=O)OC(C)(C)C)C2. The van der Waals surface area contributed by atoms with Crippen molar-refractivity contribution in [3.63, 3.8) is 0 Å². The topological polar surface area (TPSA) is 67.9 Å². The molecule has 6 heteroatoms. The molecule has 2 rings (SSSR count). The van der Waals surface area contributed by atoms with E-state index in [1.807, 2.05) is 41.5 Å². The Labute approximate surface area is 145 Å². The third-order valence-corrected chi connectivity index (χ3v) is 4.52. The van der Waals surface area contributed by atoms with Gasteiger partial charge in [-0.3, -0.25) is 4.79 Å². The molecule has 24 heavy (non-hydrogen) atoms. The van der Waals surface area contributed by atoms with Crippen molar-refractivity contribution in [3.05, 3.63) is 0 Å². The zero-order chi connectivity index (χ0) is 18.2. The van der Waals surface area contributed by atoms with E-state index in [2.05, 4.69) is 5.32 Å². The first-order valence-corrected chi connectivity index (χ1v) is 8.83. The number of amides is 1. The van der Waals surface area contributed by atoms with Crippen LogP contribution in [-0.2, 0) is 14.3 Å². The molecule has 1 amide bonds. The van der Waals surface area contributed by atoms with E-state index in [1.54, 1.807) is 4.90 Å². The molecule has 0 saturated carbocycles. The zero-order valence-electron chi connectivity index (χ0n) is 15.9. The first kappa shape index (κ1) is 19.0. The van der Waals surface area contributed by atoms with Gasteiger partial charge in [0, 0.05) is 31.6 Å². The zero-order valence-corrected chi connectivity index (χ0v) is 15.9. The summed E-state index contributed by atoms with van der Waals surface area (Å²) in [6, 6.07) is 0. The van der Waals surface area contributed by atoms with E-state index in [9.17, 15) is 9.59 Å². The van der Waals surface area contributed by atoms with Gasteiger partial charge in [0.05, 0.1) is 5.92 Å². The summed E-state index contributed by atoms with van der Waals surface area (Å²) in [5, 5.41) is 3.33. The molecule has 2 aliphatic heterocycles. The molecule has 0 aromatic heterocycles. The maximum absolute atomic E-state index is 12.6. The molecule has 0 aliphatic carbocycles. The minimum Gasteiger partial charge on any atom is -0.460 e. The van der Waals surface area contributed by atoms with E-state index >= 15 is 0 Å². The fourth-order valence-corrected chi connectivity index (χ4v) is 3.58. The van der Waals surface area contributed by atoms with Gasteiger partial charge in [-0.25, -0.2) is 4.79 Å². The van der Waals surface area contributed by atoms with Crippen molar-refractivity contribution < 1.29 is 19.1 Å². The van der Waals surface area contributed by atoms with Crippen molar-refractivity contribution >= 4 is 12.1 Å². The second-order valence-corrected chi connectivity index (χ2v) is 9.08. The minimum absolute atomic E-state index is 0.168. The van der Waals surface area contributed by atoms with E-state index in [0.29, 0.717) is 19.6 Å². The van der Waals surface area contributed by atoms with Gasteiger partial charge in [-0.05, 0) is 54.4 Å². The minimum atomic E-state index is -0.514. The van der Waals surface area contributed by atoms with Gasteiger partial charge in [-0.15, -0.1) is 0 Å². The number of likely N-dealkylation sites (tertiary alicyclic amines) is 1. The molecule has 2 heterocycles. The summed E-state index contributed by atoms with van der Waals surface area (Å²) in [6.45, 7) is 13.8. The number of carbonyl (C=O) groups is 2. The Kier molecular flexibility index (Phi) is 5.19. The summed E-state index contributed by atoms with van der Waals surface area (Å²) in [7, 11) is 0.